The standard InChI is InChI=1S/C11H15ClO3S/c1-11(13,7-8-16(2,14)15)9-5-3-4-6-10(9)12/h3-6,13H,7-8H2,1-2H3. The maximum atomic E-state index is 11.1. The lowest BCUT2D eigenvalue weighted by Gasteiger charge is -2.24. The second-order valence-corrected chi connectivity index (χ2v) is 6.80. The van der Waals surface area contributed by atoms with Gasteiger partial charge < -0.3 is 5.11 Å². The van der Waals surface area contributed by atoms with Crippen molar-refractivity contribution in [2.75, 3.05) is 12.0 Å². The molecule has 0 radical (unpaired) electrons. The molecule has 5 heteroatoms. The molecule has 1 rings (SSSR count). The summed E-state index contributed by atoms with van der Waals surface area (Å²) in [6, 6.07) is 6.89. The van der Waals surface area contributed by atoms with Crippen LogP contribution in [0.2, 0.25) is 5.02 Å². The third kappa shape index (κ3) is 3.77. The Morgan fingerprint density at radius 2 is 1.94 bits per heavy atom. The molecule has 1 aromatic rings. The lowest BCUT2D eigenvalue weighted by atomic mass is 9.93. The first-order valence-corrected chi connectivity index (χ1v) is 7.31. The van der Waals surface area contributed by atoms with E-state index in [4.69, 9.17) is 11.6 Å². The lowest BCUT2D eigenvalue weighted by Crippen LogP contribution is -2.25. The van der Waals surface area contributed by atoms with Crippen molar-refractivity contribution in [3.05, 3.63) is 34.9 Å². The number of rotatable bonds is 4. The average Bonchev–Trinajstić information content (AvgIpc) is 2.14. The van der Waals surface area contributed by atoms with E-state index in [9.17, 15) is 13.5 Å². The summed E-state index contributed by atoms with van der Waals surface area (Å²) < 4.78 is 22.1. The van der Waals surface area contributed by atoms with E-state index >= 15 is 0 Å². The van der Waals surface area contributed by atoms with Crippen molar-refractivity contribution in [3.8, 4) is 0 Å². The van der Waals surface area contributed by atoms with Crippen LogP contribution in [-0.2, 0) is 15.4 Å². The number of sulfone groups is 1. The van der Waals surface area contributed by atoms with E-state index in [2.05, 4.69) is 0 Å². The van der Waals surface area contributed by atoms with Gasteiger partial charge in [-0.1, -0.05) is 29.8 Å². The van der Waals surface area contributed by atoms with Crippen LogP contribution in [0.3, 0.4) is 0 Å². The summed E-state index contributed by atoms with van der Waals surface area (Å²) in [5.41, 5.74) is -0.665. The highest BCUT2D eigenvalue weighted by Crippen LogP contribution is 2.30. The first-order valence-electron chi connectivity index (χ1n) is 4.87. The van der Waals surface area contributed by atoms with Crippen LogP contribution in [0.4, 0.5) is 0 Å². The van der Waals surface area contributed by atoms with Gasteiger partial charge >= 0.3 is 0 Å². The molecule has 0 bridgehead atoms. The molecule has 0 aliphatic rings. The summed E-state index contributed by atoms with van der Waals surface area (Å²) in [6.07, 6.45) is 1.28. The Morgan fingerprint density at radius 1 is 1.38 bits per heavy atom. The summed E-state index contributed by atoms with van der Waals surface area (Å²) in [7, 11) is -3.08. The van der Waals surface area contributed by atoms with Gasteiger partial charge in [0.1, 0.15) is 9.84 Å². The summed E-state index contributed by atoms with van der Waals surface area (Å²) >= 11 is 5.95. The maximum absolute atomic E-state index is 11.1. The molecule has 0 heterocycles. The predicted octanol–water partition coefficient (Wildman–Crippen LogP) is 1.98. The molecule has 0 aliphatic heterocycles. The van der Waals surface area contributed by atoms with Gasteiger partial charge in [0.2, 0.25) is 0 Å². The zero-order valence-electron chi connectivity index (χ0n) is 9.27. The van der Waals surface area contributed by atoms with Crippen LogP contribution in [0.15, 0.2) is 24.3 Å². The molecular weight excluding hydrogens is 248 g/mol. The Bertz CT molecular complexity index is 466. The Labute approximate surface area is 101 Å². The average molecular weight is 263 g/mol. The third-order valence-corrected chi connectivity index (χ3v) is 3.69. The lowest BCUT2D eigenvalue weighted by molar-refractivity contribution is 0.0540. The van der Waals surface area contributed by atoms with E-state index in [-0.39, 0.29) is 12.2 Å². The zero-order chi connectivity index (χ0) is 12.4. The van der Waals surface area contributed by atoms with Gasteiger partial charge in [0.15, 0.2) is 0 Å². The number of benzene rings is 1. The fourth-order valence-electron chi connectivity index (χ4n) is 1.42. The van der Waals surface area contributed by atoms with E-state index in [1.807, 2.05) is 0 Å². The Morgan fingerprint density at radius 3 is 2.44 bits per heavy atom. The minimum absolute atomic E-state index is 0.0643. The Balaban J connectivity index is 2.90. The van der Waals surface area contributed by atoms with Crippen molar-refractivity contribution < 1.29 is 13.5 Å². The van der Waals surface area contributed by atoms with Gasteiger partial charge in [-0.2, -0.15) is 0 Å². The minimum atomic E-state index is -3.08. The first-order chi connectivity index (χ1) is 7.22. The number of hydrogen-bond acceptors (Lipinski definition) is 3. The predicted molar refractivity (Wildman–Crippen MR) is 65.4 cm³/mol. The van der Waals surface area contributed by atoms with E-state index in [0.29, 0.717) is 10.6 Å². The second kappa shape index (κ2) is 4.73. The molecule has 0 aromatic heterocycles. The third-order valence-electron chi connectivity index (χ3n) is 2.41. The van der Waals surface area contributed by atoms with Gasteiger partial charge in [-0.3, -0.25) is 0 Å². The molecule has 1 aromatic carbocycles. The highest BCUT2D eigenvalue weighted by atomic mass is 35.5. The maximum Gasteiger partial charge on any atom is 0.147 e. The molecule has 16 heavy (non-hydrogen) atoms. The van der Waals surface area contributed by atoms with Gasteiger partial charge in [-0.25, -0.2) is 8.42 Å². The van der Waals surface area contributed by atoms with Crippen molar-refractivity contribution in [1.82, 2.24) is 0 Å². The molecular formula is C11H15ClO3S. The molecule has 1 atom stereocenters. The van der Waals surface area contributed by atoms with Gasteiger partial charge in [-0.15, -0.1) is 0 Å². The van der Waals surface area contributed by atoms with Crippen molar-refractivity contribution in [3.63, 3.8) is 0 Å². The van der Waals surface area contributed by atoms with Gasteiger partial charge in [0.05, 0.1) is 11.4 Å². The molecule has 1 N–H and O–H groups in total. The summed E-state index contributed by atoms with van der Waals surface area (Å²) in [4.78, 5) is 0. The molecule has 90 valence electrons. The summed E-state index contributed by atoms with van der Waals surface area (Å²) in [5, 5.41) is 10.6. The fraction of sp³-hybridized carbons (Fsp3) is 0.455. The summed E-state index contributed by atoms with van der Waals surface area (Å²) in [6.45, 7) is 1.57. The molecule has 0 aliphatic carbocycles. The molecule has 0 spiro atoms. The monoisotopic (exact) mass is 262 g/mol. The van der Waals surface area contributed by atoms with Crippen LogP contribution >= 0.6 is 11.6 Å². The molecule has 0 fully saturated rings. The van der Waals surface area contributed by atoms with E-state index in [1.165, 1.54) is 0 Å². The van der Waals surface area contributed by atoms with Crippen LogP contribution in [0.1, 0.15) is 18.9 Å². The quantitative estimate of drug-likeness (QED) is 0.903. The number of hydrogen-bond donors (Lipinski definition) is 1. The van der Waals surface area contributed by atoms with Crippen LogP contribution in [0.25, 0.3) is 0 Å². The summed E-state index contributed by atoms with van der Waals surface area (Å²) in [5.74, 6) is -0.0643. The molecule has 1 unspecified atom stereocenters. The number of aliphatic hydroxyl groups is 1. The van der Waals surface area contributed by atoms with Crippen LogP contribution < -0.4 is 0 Å². The van der Waals surface area contributed by atoms with Crippen molar-refractivity contribution >= 4 is 21.4 Å². The fourth-order valence-corrected chi connectivity index (χ4v) is 2.52. The van der Waals surface area contributed by atoms with Gasteiger partial charge in [0.25, 0.3) is 0 Å². The first kappa shape index (κ1) is 13.5. The van der Waals surface area contributed by atoms with Crippen molar-refractivity contribution in [2.45, 2.75) is 18.9 Å². The van der Waals surface area contributed by atoms with Crippen molar-refractivity contribution in [1.29, 1.82) is 0 Å². The van der Waals surface area contributed by atoms with E-state index in [0.717, 1.165) is 6.26 Å². The smallest absolute Gasteiger partial charge is 0.147 e. The minimum Gasteiger partial charge on any atom is -0.385 e. The normalized spacial score (nSPS) is 15.8. The SMILES string of the molecule is CC(O)(CCS(C)(=O)=O)c1ccccc1Cl. The van der Waals surface area contributed by atoms with Crippen LogP contribution in [0, 0.1) is 0 Å². The highest BCUT2D eigenvalue weighted by molar-refractivity contribution is 7.90. The number of halogens is 1. The van der Waals surface area contributed by atoms with Crippen molar-refractivity contribution in [2.24, 2.45) is 0 Å². The van der Waals surface area contributed by atoms with Gasteiger partial charge in [0, 0.05) is 16.8 Å². The largest absolute Gasteiger partial charge is 0.385 e. The zero-order valence-corrected chi connectivity index (χ0v) is 10.8. The van der Waals surface area contributed by atoms with Gasteiger partial charge in [-0.05, 0) is 19.4 Å². The second-order valence-electron chi connectivity index (χ2n) is 4.13. The Hall–Kier alpha value is -0.580. The topological polar surface area (TPSA) is 54.4 Å². The van der Waals surface area contributed by atoms with Crippen LogP contribution in [0.5, 0.6) is 0 Å². The molecule has 0 amide bonds. The molecule has 0 saturated heterocycles. The molecule has 0 saturated carbocycles. The van der Waals surface area contributed by atoms with E-state index < -0.39 is 15.4 Å². The Kier molecular flexibility index (Phi) is 3.99. The van der Waals surface area contributed by atoms with Crippen LogP contribution in [-0.4, -0.2) is 25.5 Å². The molecule has 3 nitrogen and oxygen atoms in total. The van der Waals surface area contributed by atoms with E-state index in [1.54, 1.807) is 31.2 Å². The highest BCUT2D eigenvalue weighted by Gasteiger charge is 2.26.